The van der Waals surface area contributed by atoms with Gasteiger partial charge in [-0.3, -0.25) is 14.6 Å². The minimum absolute atomic E-state index is 0. The van der Waals surface area contributed by atoms with E-state index in [1.54, 1.807) is 13.8 Å². The monoisotopic (exact) mass is 575 g/mol. The first-order chi connectivity index (χ1) is 17.4. The molecule has 1 aliphatic heterocycles. The van der Waals surface area contributed by atoms with Crippen molar-refractivity contribution in [3.63, 3.8) is 0 Å². The summed E-state index contributed by atoms with van der Waals surface area (Å²) in [4.78, 5) is 23.6. The Balaban J connectivity index is 0.000000984. The molecule has 1 radical (unpaired) electrons. The predicted molar refractivity (Wildman–Crippen MR) is 148 cm³/mol. The third-order valence-electron chi connectivity index (χ3n) is 7.03. The Bertz CT molecular complexity index is 726. The first kappa shape index (κ1) is 36.4. The molecule has 0 unspecified atom stereocenters. The van der Waals surface area contributed by atoms with E-state index < -0.39 is 11.9 Å². The molecular weight excluding hydrogens is 525 g/mol. The summed E-state index contributed by atoms with van der Waals surface area (Å²) in [6.07, 6.45) is 11.0. The summed E-state index contributed by atoms with van der Waals surface area (Å²) >= 11 is 0. The molecule has 219 valence electrons. The summed E-state index contributed by atoms with van der Waals surface area (Å²) in [5.74, 6) is -1.49. The SMILES string of the molecule is CCC(=O)O.CCC(=O)O.[CH3-].[Mn].c1cc2nc(c1)CN[C@H]1CCCC[C@@H]1NCCN[C@H]1CCCC[C@@H]1NC2. The summed E-state index contributed by atoms with van der Waals surface area (Å²) in [5.41, 5.74) is 2.34. The summed E-state index contributed by atoms with van der Waals surface area (Å²) in [6.45, 7) is 7.09. The molecule has 10 heteroatoms. The van der Waals surface area contributed by atoms with Gasteiger partial charge in [-0.1, -0.05) is 45.6 Å². The van der Waals surface area contributed by atoms with Crippen LogP contribution in [-0.2, 0) is 39.7 Å². The Labute approximate surface area is 240 Å². The predicted octanol–water partition coefficient (Wildman–Crippen LogP) is 3.49. The second-order valence-electron chi connectivity index (χ2n) is 9.78. The van der Waals surface area contributed by atoms with Crippen molar-refractivity contribution in [3.8, 4) is 0 Å². The Kier molecular flexibility index (Phi) is 20.4. The molecule has 0 spiro atoms. The molecule has 4 rings (SSSR count). The van der Waals surface area contributed by atoms with Crippen LogP contribution in [0.3, 0.4) is 0 Å². The maximum Gasteiger partial charge on any atom is 0.303 e. The number of carboxylic acid groups (broad SMARTS) is 2. The Hall–Kier alpha value is -1.55. The number of carboxylic acids is 2. The van der Waals surface area contributed by atoms with Crippen LogP contribution >= 0.6 is 0 Å². The number of nitrogens with one attached hydrogen (secondary N) is 4. The molecule has 2 aliphatic carbocycles. The molecule has 2 bridgehead atoms. The standard InChI is InChI=1S/C21H35N5.2C3H6O2.CH3.Mn/c1-3-10-20-18(8-1)22-12-13-23-19-9-2-4-11-21(19)25-15-17-7-5-6-16(26-17)14-24-20;2*1-2-3(4)5;;/h5-7,18-25H,1-4,8-15H2;2*2H2,1H3,(H,4,5);1H3;/q;;;-1;/t18-,19-,20-,21-;;;;/m0..../s1. The number of fused-ring (bicyclic) bond motifs is 4. The number of nitrogens with zero attached hydrogens (tertiary/aromatic N) is 1. The van der Waals surface area contributed by atoms with Crippen molar-refractivity contribution in [2.24, 2.45) is 0 Å². The second kappa shape index (κ2) is 21.3. The van der Waals surface area contributed by atoms with Crippen molar-refractivity contribution in [1.29, 1.82) is 0 Å². The molecule has 9 nitrogen and oxygen atoms in total. The van der Waals surface area contributed by atoms with E-state index in [2.05, 4.69) is 39.5 Å². The summed E-state index contributed by atoms with van der Waals surface area (Å²) in [5, 5.41) is 30.7. The van der Waals surface area contributed by atoms with Crippen molar-refractivity contribution in [2.45, 2.75) is 115 Å². The van der Waals surface area contributed by atoms with E-state index in [-0.39, 0.29) is 37.3 Å². The molecule has 2 saturated carbocycles. The zero-order valence-corrected chi connectivity index (χ0v) is 24.7. The van der Waals surface area contributed by atoms with Gasteiger partial charge in [0.15, 0.2) is 0 Å². The van der Waals surface area contributed by atoms with E-state index in [1.165, 1.54) is 62.8 Å². The first-order valence-corrected chi connectivity index (χ1v) is 13.7. The molecule has 0 aromatic carbocycles. The quantitative estimate of drug-likeness (QED) is 0.231. The van der Waals surface area contributed by atoms with Gasteiger partial charge in [0.1, 0.15) is 0 Å². The number of hydrogen-bond donors (Lipinski definition) is 6. The molecule has 4 atom stereocenters. The van der Waals surface area contributed by atoms with Crippen LogP contribution in [0.1, 0.15) is 89.4 Å². The van der Waals surface area contributed by atoms with Gasteiger partial charge in [0, 0.05) is 80.3 Å². The van der Waals surface area contributed by atoms with E-state index in [0.717, 1.165) is 26.2 Å². The van der Waals surface area contributed by atoms with Crippen LogP contribution < -0.4 is 21.3 Å². The average Bonchev–Trinajstić information content (AvgIpc) is 2.90. The van der Waals surface area contributed by atoms with Crippen molar-refractivity contribution >= 4 is 11.9 Å². The van der Waals surface area contributed by atoms with Crippen molar-refractivity contribution in [2.75, 3.05) is 13.1 Å². The fourth-order valence-electron chi connectivity index (χ4n) is 4.95. The van der Waals surface area contributed by atoms with Gasteiger partial charge in [-0.25, -0.2) is 0 Å². The molecule has 6 N–H and O–H groups in total. The smallest absolute Gasteiger partial charge is 0.303 e. The van der Waals surface area contributed by atoms with Gasteiger partial charge in [0.05, 0.1) is 11.4 Å². The number of carbonyl (C=O) groups is 2. The largest absolute Gasteiger partial charge is 0.481 e. The third kappa shape index (κ3) is 14.6. The fourth-order valence-corrected chi connectivity index (χ4v) is 4.95. The van der Waals surface area contributed by atoms with E-state index in [0.29, 0.717) is 24.2 Å². The summed E-state index contributed by atoms with van der Waals surface area (Å²) in [7, 11) is 0. The minimum Gasteiger partial charge on any atom is -0.481 e. The molecule has 1 aromatic rings. The van der Waals surface area contributed by atoms with Crippen LogP contribution in [-0.4, -0.2) is 64.4 Å². The Morgan fingerprint density at radius 3 is 1.37 bits per heavy atom. The average molecular weight is 576 g/mol. The number of aliphatic carboxylic acids is 2. The fraction of sp³-hybridized carbons (Fsp3) is 0.714. The summed E-state index contributed by atoms with van der Waals surface area (Å²) < 4.78 is 0. The van der Waals surface area contributed by atoms with E-state index in [1.807, 2.05) is 0 Å². The van der Waals surface area contributed by atoms with Gasteiger partial charge in [0.25, 0.3) is 0 Å². The maximum atomic E-state index is 9.37. The molecule has 1 aromatic heterocycles. The molecule has 3 aliphatic rings. The topological polar surface area (TPSA) is 136 Å². The van der Waals surface area contributed by atoms with Crippen LogP contribution in [0, 0.1) is 7.43 Å². The molecule has 2 fully saturated rings. The first-order valence-electron chi connectivity index (χ1n) is 13.7. The molecule has 0 saturated heterocycles. The van der Waals surface area contributed by atoms with E-state index >= 15 is 0 Å². The molecular formula is C28H50MnN5O4-. The van der Waals surface area contributed by atoms with Crippen LogP contribution in [0.15, 0.2) is 18.2 Å². The summed E-state index contributed by atoms with van der Waals surface area (Å²) in [6, 6.07) is 8.81. The van der Waals surface area contributed by atoms with Gasteiger partial charge in [-0.2, -0.15) is 0 Å². The van der Waals surface area contributed by atoms with Crippen LogP contribution in [0.4, 0.5) is 0 Å². The van der Waals surface area contributed by atoms with Gasteiger partial charge < -0.3 is 38.9 Å². The minimum atomic E-state index is -0.745. The van der Waals surface area contributed by atoms with Gasteiger partial charge in [-0.05, 0) is 37.8 Å². The molecule has 2 heterocycles. The normalized spacial score (nSPS) is 25.2. The third-order valence-corrected chi connectivity index (χ3v) is 7.03. The molecule has 38 heavy (non-hydrogen) atoms. The van der Waals surface area contributed by atoms with Gasteiger partial charge >= 0.3 is 11.9 Å². The molecule has 0 amide bonds. The van der Waals surface area contributed by atoms with Crippen LogP contribution in [0.25, 0.3) is 0 Å². The number of aromatic nitrogens is 1. The van der Waals surface area contributed by atoms with Crippen LogP contribution in [0.5, 0.6) is 0 Å². The van der Waals surface area contributed by atoms with Gasteiger partial charge in [-0.15, -0.1) is 0 Å². The Morgan fingerprint density at radius 2 is 1.05 bits per heavy atom. The van der Waals surface area contributed by atoms with Crippen LogP contribution in [0.2, 0.25) is 0 Å². The second-order valence-corrected chi connectivity index (χ2v) is 9.78. The van der Waals surface area contributed by atoms with E-state index in [4.69, 9.17) is 15.2 Å². The number of pyridine rings is 1. The zero-order valence-electron chi connectivity index (χ0n) is 23.5. The zero-order chi connectivity index (χ0) is 26.2. The number of hydrogen-bond acceptors (Lipinski definition) is 7. The van der Waals surface area contributed by atoms with Crippen molar-refractivity contribution < 1.29 is 36.9 Å². The van der Waals surface area contributed by atoms with Crippen molar-refractivity contribution in [1.82, 2.24) is 26.3 Å². The Morgan fingerprint density at radius 1 is 0.737 bits per heavy atom. The van der Waals surface area contributed by atoms with Crippen molar-refractivity contribution in [3.05, 3.63) is 37.0 Å². The maximum absolute atomic E-state index is 9.37. The van der Waals surface area contributed by atoms with Gasteiger partial charge in [0.2, 0.25) is 0 Å². The number of rotatable bonds is 2. The van der Waals surface area contributed by atoms with E-state index in [9.17, 15) is 9.59 Å².